The van der Waals surface area contributed by atoms with Crippen LogP contribution in [0.15, 0.2) is 12.3 Å². The van der Waals surface area contributed by atoms with Gasteiger partial charge in [0.2, 0.25) is 11.8 Å². The Labute approximate surface area is 152 Å². The highest BCUT2D eigenvalue weighted by atomic mass is 16.2. The van der Waals surface area contributed by atoms with E-state index in [1.807, 2.05) is 13.0 Å². The van der Waals surface area contributed by atoms with E-state index >= 15 is 0 Å². The fourth-order valence-corrected chi connectivity index (χ4v) is 3.59. The van der Waals surface area contributed by atoms with Crippen molar-refractivity contribution in [2.45, 2.75) is 19.8 Å². The number of H-pyrrole nitrogens is 1. The van der Waals surface area contributed by atoms with Gasteiger partial charge in [0.1, 0.15) is 11.8 Å². The Morgan fingerprint density at radius 1 is 1.27 bits per heavy atom. The Morgan fingerprint density at radius 3 is 2.65 bits per heavy atom. The summed E-state index contributed by atoms with van der Waals surface area (Å²) in [4.78, 5) is 45.2. The van der Waals surface area contributed by atoms with E-state index in [4.69, 9.17) is 5.26 Å². The molecule has 0 aromatic carbocycles. The maximum absolute atomic E-state index is 12.8. The number of carbonyl (C=O) groups is 3. The highest BCUT2D eigenvalue weighted by molar-refractivity contribution is 5.93. The molecule has 0 radical (unpaired) electrons. The van der Waals surface area contributed by atoms with Gasteiger partial charge in [0.05, 0.1) is 11.5 Å². The van der Waals surface area contributed by atoms with Crippen LogP contribution < -0.4 is 0 Å². The number of nitriles is 1. The van der Waals surface area contributed by atoms with Crippen LogP contribution >= 0.6 is 0 Å². The van der Waals surface area contributed by atoms with Gasteiger partial charge in [-0.15, -0.1) is 0 Å². The van der Waals surface area contributed by atoms with Crippen LogP contribution in [0.2, 0.25) is 0 Å². The van der Waals surface area contributed by atoms with Gasteiger partial charge in [0.25, 0.3) is 5.91 Å². The summed E-state index contributed by atoms with van der Waals surface area (Å²) >= 11 is 0. The first-order chi connectivity index (χ1) is 12.5. The molecule has 2 aliphatic heterocycles. The second kappa shape index (κ2) is 7.60. The number of carbonyl (C=O) groups excluding carboxylic acids is 3. The molecule has 1 aromatic heterocycles. The monoisotopic (exact) mass is 357 g/mol. The first-order valence-corrected chi connectivity index (χ1v) is 8.97. The van der Waals surface area contributed by atoms with Crippen molar-refractivity contribution in [1.82, 2.24) is 19.7 Å². The SMILES string of the molecule is CCN1CC(C(=O)N2CCCN(C(=O)c3cc(C#N)c[nH]3)CC2)CC1=O. The zero-order valence-corrected chi connectivity index (χ0v) is 14.9. The first-order valence-electron chi connectivity index (χ1n) is 8.97. The van der Waals surface area contributed by atoms with Crippen LogP contribution in [-0.4, -0.2) is 76.7 Å². The Kier molecular flexibility index (Phi) is 5.26. The molecular formula is C18H23N5O3. The summed E-state index contributed by atoms with van der Waals surface area (Å²) in [5.41, 5.74) is 0.813. The Balaban J connectivity index is 1.59. The molecule has 2 aliphatic rings. The summed E-state index contributed by atoms with van der Waals surface area (Å²) < 4.78 is 0. The van der Waals surface area contributed by atoms with Gasteiger partial charge >= 0.3 is 0 Å². The van der Waals surface area contributed by atoms with Gasteiger partial charge in [-0.2, -0.15) is 5.26 Å². The Bertz CT molecular complexity index is 750. The van der Waals surface area contributed by atoms with Crippen LogP contribution in [0.1, 0.15) is 35.8 Å². The zero-order valence-electron chi connectivity index (χ0n) is 14.9. The van der Waals surface area contributed by atoms with Crippen LogP contribution in [-0.2, 0) is 9.59 Å². The number of aromatic amines is 1. The maximum Gasteiger partial charge on any atom is 0.270 e. The van der Waals surface area contributed by atoms with Crippen molar-refractivity contribution in [2.75, 3.05) is 39.3 Å². The van der Waals surface area contributed by atoms with E-state index < -0.39 is 0 Å². The minimum Gasteiger partial charge on any atom is -0.356 e. The fraction of sp³-hybridized carbons (Fsp3) is 0.556. The quantitative estimate of drug-likeness (QED) is 0.848. The number of hydrogen-bond donors (Lipinski definition) is 1. The van der Waals surface area contributed by atoms with Crippen LogP contribution in [0.5, 0.6) is 0 Å². The number of amides is 3. The number of nitrogens with one attached hydrogen (secondary N) is 1. The molecule has 8 nitrogen and oxygen atoms in total. The van der Waals surface area contributed by atoms with E-state index in [9.17, 15) is 14.4 Å². The lowest BCUT2D eigenvalue weighted by molar-refractivity contribution is -0.135. The molecule has 0 bridgehead atoms. The van der Waals surface area contributed by atoms with Crippen molar-refractivity contribution in [3.8, 4) is 6.07 Å². The number of nitrogens with zero attached hydrogens (tertiary/aromatic N) is 4. The van der Waals surface area contributed by atoms with Gasteiger partial charge in [-0.3, -0.25) is 14.4 Å². The largest absolute Gasteiger partial charge is 0.356 e. The van der Waals surface area contributed by atoms with E-state index in [0.29, 0.717) is 56.9 Å². The van der Waals surface area contributed by atoms with Crippen molar-refractivity contribution < 1.29 is 14.4 Å². The summed E-state index contributed by atoms with van der Waals surface area (Å²) in [5.74, 6) is -0.381. The summed E-state index contributed by atoms with van der Waals surface area (Å²) in [6.07, 6.45) is 2.49. The molecule has 138 valence electrons. The van der Waals surface area contributed by atoms with E-state index in [2.05, 4.69) is 4.98 Å². The van der Waals surface area contributed by atoms with Gasteiger partial charge in [-0.05, 0) is 19.4 Å². The third kappa shape index (κ3) is 3.57. The Morgan fingerprint density at radius 2 is 2.00 bits per heavy atom. The molecule has 0 saturated carbocycles. The van der Waals surface area contributed by atoms with E-state index in [1.54, 1.807) is 20.8 Å². The van der Waals surface area contributed by atoms with Crippen molar-refractivity contribution in [3.05, 3.63) is 23.5 Å². The number of aromatic nitrogens is 1. The van der Waals surface area contributed by atoms with Gasteiger partial charge in [0.15, 0.2) is 0 Å². The second-order valence-corrected chi connectivity index (χ2v) is 6.72. The average molecular weight is 357 g/mol. The number of likely N-dealkylation sites (tertiary alicyclic amines) is 1. The number of hydrogen-bond acceptors (Lipinski definition) is 4. The predicted molar refractivity (Wildman–Crippen MR) is 93.0 cm³/mol. The van der Waals surface area contributed by atoms with Crippen molar-refractivity contribution >= 4 is 17.7 Å². The molecule has 2 fully saturated rings. The molecule has 1 unspecified atom stereocenters. The lowest BCUT2D eigenvalue weighted by atomic mass is 10.1. The molecule has 1 N–H and O–H groups in total. The molecule has 0 spiro atoms. The molecular weight excluding hydrogens is 334 g/mol. The Hall–Kier alpha value is -2.82. The van der Waals surface area contributed by atoms with Gasteiger partial charge < -0.3 is 19.7 Å². The molecule has 3 rings (SSSR count). The first kappa shape index (κ1) is 18.0. The minimum absolute atomic E-state index is 0.00948. The molecule has 1 aromatic rings. The normalized spacial score (nSPS) is 20.8. The van der Waals surface area contributed by atoms with Crippen LogP contribution in [0.4, 0.5) is 0 Å². The topological polar surface area (TPSA) is 101 Å². The molecule has 3 amide bonds. The lowest BCUT2D eigenvalue weighted by Gasteiger charge is -2.24. The molecule has 0 aliphatic carbocycles. The minimum atomic E-state index is -0.272. The summed E-state index contributed by atoms with van der Waals surface area (Å²) in [6, 6.07) is 3.54. The second-order valence-electron chi connectivity index (χ2n) is 6.72. The molecule has 26 heavy (non-hydrogen) atoms. The van der Waals surface area contributed by atoms with Crippen molar-refractivity contribution in [3.63, 3.8) is 0 Å². The molecule has 2 saturated heterocycles. The van der Waals surface area contributed by atoms with E-state index in [0.717, 1.165) is 0 Å². The third-order valence-electron chi connectivity index (χ3n) is 5.08. The highest BCUT2D eigenvalue weighted by Crippen LogP contribution is 2.21. The van der Waals surface area contributed by atoms with Gasteiger partial charge in [-0.25, -0.2) is 0 Å². The highest BCUT2D eigenvalue weighted by Gasteiger charge is 2.36. The number of rotatable bonds is 3. The molecule has 1 atom stereocenters. The summed E-state index contributed by atoms with van der Waals surface area (Å²) in [7, 11) is 0. The average Bonchev–Trinajstić information content (AvgIpc) is 3.20. The third-order valence-corrected chi connectivity index (χ3v) is 5.08. The predicted octanol–water partition coefficient (Wildman–Crippen LogP) is 0.429. The molecule has 3 heterocycles. The summed E-state index contributed by atoms with van der Waals surface area (Å²) in [5, 5.41) is 8.88. The summed E-state index contributed by atoms with van der Waals surface area (Å²) in [6.45, 7) is 5.11. The van der Waals surface area contributed by atoms with Crippen LogP contribution in [0.3, 0.4) is 0 Å². The van der Waals surface area contributed by atoms with Crippen molar-refractivity contribution in [1.29, 1.82) is 5.26 Å². The van der Waals surface area contributed by atoms with Crippen LogP contribution in [0, 0.1) is 17.2 Å². The van der Waals surface area contributed by atoms with Gasteiger partial charge in [0, 0.05) is 51.9 Å². The van der Waals surface area contributed by atoms with Gasteiger partial charge in [-0.1, -0.05) is 0 Å². The standard InChI is InChI=1S/C18H23N5O3/c1-2-21-12-14(9-16(21)24)17(25)22-4-3-5-23(7-6-22)18(26)15-8-13(10-19)11-20-15/h8,11,14,20H,2-7,9,12H2,1H3. The molecule has 8 heteroatoms. The maximum atomic E-state index is 12.8. The van der Waals surface area contributed by atoms with E-state index in [-0.39, 0.29) is 30.1 Å². The van der Waals surface area contributed by atoms with Crippen LogP contribution in [0.25, 0.3) is 0 Å². The fourth-order valence-electron chi connectivity index (χ4n) is 3.59. The van der Waals surface area contributed by atoms with Crippen molar-refractivity contribution in [2.24, 2.45) is 5.92 Å². The van der Waals surface area contributed by atoms with E-state index in [1.165, 1.54) is 6.20 Å². The lowest BCUT2D eigenvalue weighted by Crippen LogP contribution is -2.40. The zero-order chi connectivity index (χ0) is 18.7. The smallest absolute Gasteiger partial charge is 0.270 e.